The van der Waals surface area contributed by atoms with Gasteiger partial charge in [-0.15, -0.1) is 0 Å². The molecule has 0 fully saturated rings. The Balaban J connectivity index is 2.68. The standard InChI is InChI=1S/C15H21NO4/c1-4-16(10-9-14(17)20-5-2)15(18)12-7-6-8-13(11-12)19-3/h6-8,11H,4-5,9-10H2,1-3H3. The van der Waals surface area contributed by atoms with Crippen LogP contribution in [0.1, 0.15) is 30.6 Å². The largest absolute Gasteiger partial charge is 0.497 e. The van der Waals surface area contributed by atoms with Crippen LogP contribution in [0.5, 0.6) is 5.75 Å². The molecule has 0 spiro atoms. The average molecular weight is 279 g/mol. The number of ether oxygens (including phenoxy) is 2. The summed E-state index contributed by atoms with van der Waals surface area (Å²) in [6, 6.07) is 6.98. The first-order valence-corrected chi connectivity index (χ1v) is 6.71. The van der Waals surface area contributed by atoms with Gasteiger partial charge < -0.3 is 14.4 Å². The number of carbonyl (C=O) groups is 2. The van der Waals surface area contributed by atoms with E-state index in [0.29, 0.717) is 31.0 Å². The number of nitrogens with zero attached hydrogens (tertiary/aromatic N) is 1. The number of hydrogen-bond acceptors (Lipinski definition) is 4. The van der Waals surface area contributed by atoms with Gasteiger partial charge in [0.15, 0.2) is 0 Å². The van der Waals surface area contributed by atoms with Gasteiger partial charge in [0.2, 0.25) is 0 Å². The van der Waals surface area contributed by atoms with E-state index in [9.17, 15) is 9.59 Å². The fourth-order valence-electron chi connectivity index (χ4n) is 1.80. The Morgan fingerprint density at radius 3 is 2.60 bits per heavy atom. The van der Waals surface area contributed by atoms with Crippen molar-refractivity contribution >= 4 is 11.9 Å². The predicted octanol–water partition coefficient (Wildman–Crippen LogP) is 2.11. The molecule has 0 aliphatic rings. The normalized spacial score (nSPS) is 9.95. The van der Waals surface area contributed by atoms with Gasteiger partial charge in [-0.2, -0.15) is 0 Å². The fourth-order valence-corrected chi connectivity index (χ4v) is 1.80. The van der Waals surface area contributed by atoms with Crippen molar-refractivity contribution in [1.29, 1.82) is 0 Å². The van der Waals surface area contributed by atoms with Crippen LogP contribution in [0.15, 0.2) is 24.3 Å². The molecule has 0 aliphatic carbocycles. The molecule has 0 saturated heterocycles. The molecule has 0 radical (unpaired) electrons. The molecule has 1 aromatic carbocycles. The maximum absolute atomic E-state index is 12.3. The van der Waals surface area contributed by atoms with Crippen LogP contribution in [0.2, 0.25) is 0 Å². The quantitative estimate of drug-likeness (QED) is 0.717. The van der Waals surface area contributed by atoms with Gasteiger partial charge in [-0.1, -0.05) is 6.07 Å². The van der Waals surface area contributed by atoms with Crippen molar-refractivity contribution < 1.29 is 19.1 Å². The summed E-state index contributed by atoms with van der Waals surface area (Å²) in [5.41, 5.74) is 0.551. The van der Waals surface area contributed by atoms with Crippen molar-refractivity contribution in [2.75, 3.05) is 26.8 Å². The van der Waals surface area contributed by atoms with E-state index >= 15 is 0 Å². The van der Waals surface area contributed by atoms with Gasteiger partial charge in [-0.25, -0.2) is 0 Å². The average Bonchev–Trinajstić information content (AvgIpc) is 2.48. The zero-order valence-corrected chi connectivity index (χ0v) is 12.2. The van der Waals surface area contributed by atoms with Crippen molar-refractivity contribution in [1.82, 2.24) is 4.90 Å². The number of benzene rings is 1. The smallest absolute Gasteiger partial charge is 0.307 e. The van der Waals surface area contributed by atoms with Crippen molar-refractivity contribution in [3.8, 4) is 5.75 Å². The molecule has 0 saturated carbocycles. The van der Waals surface area contributed by atoms with Crippen molar-refractivity contribution in [3.05, 3.63) is 29.8 Å². The van der Waals surface area contributed by atoms with Crippen LogP contribution in [0.4, 0.5) is 0 Å². The molecule has 0 heterocycles. The molecular weight excluding hydrogens is 258 g/mol. The van der Waals surface area contributed by atoms with Crippen molar-refractivity contribution in [2.45, 2.75) is 20.3 Å². The summed E-state index contributed by atoms with van der Waals surface area (Å²) in [7, 11) is 1.56. The van der Waals surface area contributed by atoms with Crippen LogP contribution >= 0.6 is 0 Å². The lowest BCUT2D eigenvalue weighted by Gasteiger charge is -2.20. The number of rotatable bonds is 7. The van der Waals surface area contributed by atoms with Crippen LogP contribution in [-0.4, -0.2) is 43.6 Å². The molecule has 5 nitrogen and oxygen atoms in total. The highest BCUT2D eigenvalue weighted by Gasteiger charge is 2.16. The van der Waals surface area contributed by atoms with Crippen molar-refractivity contribution in [3.63, 3.8) is 0 Å². The maximum atomic E-state index is 12.3. The molecule has 0 aromatic heterocycles. The molecule has 1 rings (SSSR count). The number of amides is 1. The zero-order valence-electron chi connectivity index (χ0n) is 12.2. The highest BCUT2D eigenvalue weighted by molar-refractivity contribution is 5.94. The van der Waals surface area contributed by atoms with E-state index in [-0.39, 0.29) is 18.3 Å². The van der Waals surface area contributed by atoms with Gasteiger partial charge in [0.1, 0.15) is 5.75 Å². The summed E-state index contributed by atoms with van der Waals surface area (Å²) in [5.74, 6) is 0.234. The molecule has 0 aliphatic heterocycles. The monoisotopic (exact) mass is 279 g/mol. The first-order valence-electron chi connectivity index (χ1n) is 6.71. The summed E-state index contributed by atoms with van der Waals surface area (Å²) in [4.78, 5) is 25.3. The SMILES string of the molecule is CCOC(=O)CCN(CC)C(=O)c1cccc(OC)c1. The Kier molecular flexibility index (Phi) is 6.56. The molecule has 20 heavy (non-hydrogen) atoms. The number of esters is 1. The van der Waals surface area contributed by atoms with Gasteiger partial charge in [0.05, 0.1) is 20.1 Å². The van der Waals surface area contributed by atoms with Gasteiger partial charge in [0, 0.05) is 18.7 Å². The molecule has 1 amide bonds. The minimum absolute atomic E-state index is 0.115. The molecule has 110 valence electrons. The lowest BCUT2D eigenvalue weighted by Crippen LogP contribution is -2.33. The fraction of sp³-hybridized carbons (Fsp3) is 0.467. The Labute approximate surface area is 119 Å². The third kappa shape index (κ3) is 4.57. The van der Waals surface area contributed by atoms with Gasteiger partial charge in [-0.05, 0) is 32.0 Å². The summed E-state index contributed by atoms with van der Waals surface area (Å²) in [6.07, 6.45) is 0.206. The van der Waals surface area contributed by atoms with E-state index < -0.39 is 0 Å². The molecule has 0 atom stereocenters. The summed E-state index contributed by atoms with van der Waals surface area (Å²) in [6.45, 7) is 4.88. The molecule has 1 aromatic rings. The Hall–Kier alpha value is -2.04. The second kappa shape index (κ2) is 8.19. The van der Waals surface area contributed by atoms with Crippen molar-refractivity contribution in [2.24, 2.45) is 0 Å². The zero-order chi connectivity index (χ0) is 15.0. The van der Waals surface area contributed by atoms with E-state index in [4.69, 9.17) is 9.47 Å². The Morgan fingerprint density at radius 2 is 2.00 bits per heavy atom. The maximum Gasteiger partial charge on any atom is 0.307 e. The highest BCUT2D eigenvalue weighted by atomic mass is 16.5. The topological polar surface area (TPSA) is 55.8 Å². The summed E-state index contributed by atoms with van der Waals surface area (Å²) < 4.78 is 9.97. The molecule has 0 unspecified atom stereocenters. The van der Waals surface area contributed by atoms with Gasteiger partial charge in [0.25, 0.3) is 5.91 Å². The number of methoxy groups -OCH3 is 1. The number of carbonyl (C=O) groups excluding carboxylic acids is 2. The van der Waals surface area contributed by atoms with Crippen LogP contribution in [0, 0.1) is 0 Å². The van der Waals surface area contributed by atoms with E-state index in [1.807, 2.05) is 6.92 Å². The molecule has 5 heteroatoms. The van der Waals surface area contributed by atoms with E-state index in [0.717, 1.165) is 0 Å². The van der Waals surface area contributed by atoms with Gasteiger partial charge in [-0.3, -0.25) is 9.59 Å². The van der Waals surface area contributed by atoms with Crippen LogP contribution < -0.4 is 4.74 Å². The Morgan fingerprint density at radius 1 is 1.25 bits per heavy atom. The lowest BCUT2D eigenvalue weighted by atomic mass is 10.2. The summed E-state index contributed by atoms with van der Waals surface area (Å²) in [5, 5.41) is 0. The lowest BCUT2D eigenvalue weighted by molar-refractivity contribution is -0.143. The van der Waals surface area contributed by atoms with E-state index in [1.54, 1.807) is 43.2 Å². The van der Waals surface area contributed by atoms with Crippen LogP contribution in [-0.2, 0) is 9.53 Å². The summed E-state index contributed by atoms with van der Waals surface area (Å²) >= 11 is 0. The third-order valence-corrected chi connectivity index (χ3v) is 2.88. The molecular formula is C15H21NO4. The minimum atomic E-state index is -0.288. The first kappa shape index (κ1) is 16.0. The third-order valence-electron chi connectivity index (χ3n) is 2.88. The van der Waals surface area contributed by atoms with Crippen LogP contribution in [0.3, 0.4) is 0 Å². The highest BCUT2D eigenvalue weighted by Crippen LogP contribution is 2.14. The van der Waals surface area contributed by atoms with E-state index in [2.05, 4.69) is 0 Å². The molecule has 0 N–H and O–H groups in total. The van der Waals surface area contributed by atoms with Gasteiger partial charge >= 0.3 is 5.97 Å². The number of hydrogen-bond donors (Lipinski definition) is 0. The van der Waals surface area contributed by atoms with Crippen LogP contribution in [0.25, 0.3) is 0 Å². The minimum Gasteiger partial charge on any atom is -0.497 e. The second-order valence-corrected chi connectivity index (χ2v) is 4.17. The first-order chi connectivity index (χ1) is 9.62. The second-order valence-electron chi connectivity index (χ2n) is 4.17. The van der Waals surface area contributed by atoms with E-state index in [1.165, 1.54) is 0 Å². The molecule has 0 bridgehead atoms. The predicted molar refractivity (Wildman–Crippen MR) is 75.8 cm³/mol. The Bertz CT molecular complexity index is 459.